The molecule has 1 heterocycles. The fourth-order valence-electron chi connectivity index (χ4n) is 1.88. The number of aryl methyl sites for hydroxylation is 1. The zero-order chi connectivity index (χ0) is 14.7. The lowest BCUT2D eigenvalue weighted by Crippen LogP contribution is -2.19. The van der Waals surface area contributed by atoms with Gasteiger partial charge in [0, 0.05) is 12.1 Å². The minimum absolute atomic E-state index is 0.0181. The summed E-state index contributed by atoms with van der Waals surface area (Å²) in [5, 5.41) is 11.6. The molecule has 0 bridgehead atoms. The second-order valence-electron chi connectivity index (χ2n) is 4.58. The smallest absolute Gasteiger partial charge is 0.131 e. The van der Waals surface area contributed by atoms with E-state index in [1.165, 1.54) is 0 Å². The molecule has 1 aromatic carbocycles. The van der Waals surface area contributed by atoms with E-state index in [0.717, 1.165) is 17.9 Å². The summed E-state index contributed by atoms with van der Waals surface area (Å²) in [5.74, 6) is 0.0371. The minimum Gasteiger partial charge on any atom is -0.465 e. The van der Waals surface area contributed by atoms with E-state index in [4.69, 9.17) is 9.68 Å². The second-order valence-corrected chi connectivity index (χ2v) is 4.58. The van der Waals surface area contributed by atoms with Gasteiger partial charge >= 0.3 is 0 Å². The van der Waals surface area contributed by atoms with Crippen molar-refractivity contribution >= 4 is 0 Å². The van der Waals surface area contributed by atoms with Crippen molar-refractivity contribution in [3.8, 4) is 6.07 Å². The van der Waals surface area contributed by atoms with Crippen molar-refractivity contribution in [2.75, 3.05) is 0 Å². The zero-order valence-electron chi connectivity index (χ0n) is 11.2. The Labute approximate surface area is 115 Å². The van der Waals surface area contributed by atoms with Crippen molar-refractivity contribution in [3.05, 3.63) is 58.5 Å². The van der Waals surface area contributed by atoms with Gasteiger partial charge in [0.25, 0.3) is 0 Å². The topological polar surface area (TPSA) is 49.0 Å². The van der Waals surface area contributed by atoms with Crippen LogP contribution in [0.15, 0.2) is 28.7 Å². The quantitative estimate of drug-likeness (QED) is 0.928. The van der Waals surface area contributed by atoms with Gasteiger partial charge in [-0.15, -0.1) is 0 Å². The van der Waals surface area contributed by atoms with Crippen molar-refractivity contribution in [1.29, 1.82) is 5.26 Å². The van der Waals surface area contributed by atoms with E-state index in [0.29, 0.717) is 5.76 Å². The Kier molecular flexibility index (Phi) is 4.16. The standard InChI is InChI=1S/C15H14F2N2O/c1-9-3-4-15(20-9)10(2)19-8-12-13(16)5-11(7-18)6-14(12)17/h3-6,10,19H,8H2,1-2H3. The van der Waals surface area contributed by atoms with Gasteiger partial charge in [-0.1, -0.05) is 0 Å². The van der Waals surface area contributed by atoms with Crippen molar-refractivity contribution < 1.29 is 13.2 Å². The Hall–Kier alpha value is -2.19. The summed E-state index contributed by atoms with van der Waals surface area (Å²) in [4.78, 5) is 0. The molecular weight excluding hydrogens is 262 g/mol. The number of halogens is 2. The molecule has 0 aliphatic heterocycles. The maximum Gasteiger partial charge on any atom is 0.131 e. The molecule has 0 fully saturated rings. The molecule has 0 amide bonds. The maximum atomic E-state index is 13.7. The van der Waals surface area contributed by atoms with Gasteiger partial charge in [-0.2, -0.15) is 5.26 Å². The molecular formula is C15H14F2N2O. The number of hydrogen-bond donors (Lipinski definition) is 1. The summed E-state index contributed by atoms with van der Waals surface area (Å²) in [7, 11) is 0. The first-order valence-corrected chi connectivity index (χ1v) is 6.19. The summed E-state index contributed by atoms with van der Waals surface area (Å²) in [6.07, 6.45) is 0. The number of benzene rings is 1. The van der Waals surface area contributed by atoms with Crippen LogP contribution in [0.3, 0.4) is 0 Å². The minimum atomic E-state index is -0.725. The molecule has 104 valence electrons. The molecule has 1 atom stereocenters. The van der Waals surface area contributed by atoms with Gasteiger partial charge in [-0.25, -0.2) is 8.78 Å². The molecule has 0 radical (unpaired) electrons. The highest BCUT2D eigenvalue weighted by atomic mass is 19.1. The maximum absolute atomic E-state index is 13.7. The molecule has 1 unspecified atom stereocenters. The molecule has 0 aliphatic rings. The van der Waals surface area contributed by atoms with Crippen molar-refractivity contribution in [2.45, 2.75) is 26.4 Å². The predicted octanol–water partition coefficient (Wildman–Crippen LogP) is 3.59. The van der Waals surface area contributed by atoms with Crippen LogP contribution in [0.1, 0.15) is 35.6 Å². The van der Waals surface area contributed by atoms with E-state index in [1.807, 2.05) is 26.0 Å². The molecule has 2 rings (SSSR count). The average Bonchev–Trinajstić information content (AvgIpc) is 2.84. The van der Waals surface area contributed by atoms with E-state index >= 15 is 0 Å². The molecule has 0 aliphatic carbocycles. The van der Waals surface area contributed by atoms with Crippen LogP contribution in [0.5, 0.6) is 0 Å². The Balaban J connectivity index is 2.10. The Bertz CT molecular complexity index is 635. The highest BCUT2D eigenvalue weighted by molar-refractivity contribution is 5.34. The van der Waals surface area contributed by atoms with E-state index < -0.39 is 11.6 Å². The Morgan fingerprint density at radius 3 is 2.45 bits per heavy atom. The van der Waals surface area contributed by atoms with Crippen LogP contribution in [0.4, 0.5) is 8.78 Å². The van der Waals surface area contributed by atoms with Gasteiger partial charge in [0.1, 0.15) is 23.2 Å². The SMILES string of the molecule is Cc1ccc(C(C)NCc2c(F)cc(C#N)cc2F)o1. The van der Waals surface area contributed by atoms with Gasteiger partial charge in [-0.3, -0.25) is 0 Å². The van der Waals surface area contributed by atoms with Crippen LogP contribution in [0, 0.1) is 29.9 Å². The summed E-state index contributed by atoms with van der Waals surface area (Å²) in [5.41, 5.74) is -0.113. The number of rotatable bonds is 4. The van der Waals surface area contributed by atoms with Crippen LogP contribution < -0.4 is 5.32 Å². The van der Waals surface area contributed by atoms with Crippen molar-refractivity contribution in [2.24, 2.45) is 0 Å². The average molecular weight is 276 g/mol. The predicted molar refractivity (Wildman–Crippen MR) is 69.8 cm³/mol. The molecule has 0 saturated heterocycles. The van der Waals surface area contributed by atoms with Crippen LogP contribution >= 0.6 is 0 Å². The fourth-order valence-corrected chi connectivity index (χ4v) is 1.88. The number of nitrogens with one attached hydrogen (secondary N) is 1. The summed E-state index contributed by atoms with van der Waals surface area (Å²) in [6, 6.07) is 7.25. The molecule has 0 saturated carbocycles. The normalized spacial score (nSPS) is 12.2. The van der Waals surface area contributed by atoms with Crippen LogP contribution in [-0.2, 0) is 6.54 Å². The zero-order valence-corrected chi connectivity index (χ0v) is 11.2. The lowest BCUT2D eigenvalue weighted by Gasteiger charge is -2.12. The van der Waals surface area contributed by atoms with E-state index in [2.05, 4.69) is 5.32 Å². The number of nitrogens with zero attached hydrogens (tertiary/aromatic N) is 1. The molecule has 1 N–H and O–H groups in total. The number of nitriles is 1. The lowest BCUT2D eigenvalue weighted by molar-refractivity contribution is 0.409. The third-order valence-corrected chi connectivity index (χ3v) is 3.04. The lowest BCUT2D eigenvalue weighted by atomic mass is 10.1. The molecule has 20 heavy (non-hydrogen) atoms. The van der Waals surface area contributed by atoms with E-state index in [1.54, 1.807) is 6.07 Å². The third kappa shape index (κ3) is 3.03. The molecule has 5 heteroatoms. The first kappa shape index (κ1) is 14.2. The Morgan fingerprint density at radius 2 is 1.95 bits per heavy atom. The second kappa shape index (κ2) is 5.85. The van der Waals surface area contributed by atoms with Crippen LogP contribution in [0.25, 0.3) is 0 Å². The first-order valence-electron chi connectivity index (χ1n) is 6.19. The molecule has 1 aromatic heterocycles. The van der Waals surface area contributed by atoms with E-state index in [-0.39, 0.29) is 23.7 Å². The van der Waals surface area contributed by atoms with E-state index in [9.17, 15) is 8.78 Å². The van der Waals surface area contributed by atoms with Crippen molar-refractivity contribution in [3.63, 3.8) is 0 Å². The monoisotopic (exact) mass is 276 g/mol. The Morgan fingerprint density at radius 1 is 1.30 bits per heavy atom. The largest absolute Gasteiger partial charge is 0.465 e. The highest BCUT2D eigenvalue weighted by Crippen LogP contribution is 2.19. The van der Waals surface area contributed by atoms with Gasteiger partial charge in [-0.05, 0) is 38.1 Å². The summed E-state index contributed by atoms with van der Waals surface area (Å²) >= 11 is 0. The van der Waals surface area contributed by atoms with Crippen LogP contribution in [0.2, 0.25) is 0 Å². The van der Waals surface area contributed by atoms with Gasteiger partial charge in [0.2, 0.25) is 0 Å². The van der Waals surface area contributed by atoms with Crippen molar-refractivity contribution in [1.82, 2.24) is 5.32 Å². The number of hydrogen-bond acceptors (Lipinski definition) is 3. The van der Waals surface area contributed by atoms with Gasteiger partial charge < -0.3 is 9.73 Å². The third-order valence-electron chi connectivity index (χ3n) is 3.04. The molecule has 3 nitrogen and oxygen atoms in total. The van der Waals surface area contributed by atoms with Gasteiger partial charge in [0.05, 0.1) is 17.7 Å². The highest BCUT2D eigenvalue weighted by Gasteiger charge is 2.14. The van der Waals surface area contributed by atoms with Gasteiger partial charge in [0.15, 0.2) is 0 Å². The molecule has 0 spiro atoms. The molecule has 2 aromatic rings. The summed E-state index contributed by atoms with van der Waals surface area (Å²) < 4.78 is 32.8. The summed E-state index contributed by atoms with van der Waals surface area (Å²) in [6.45, 7) is 3.69. The number of furan rings is 1. The van der Waals surface area contributed by atoms with Crippen LogP contribution in [-0.4, -0.2) is 0 Å². The fraction of sp³-hybridized carbons (Fsp3) is 0.267. The first-order chi connectivity index (χ1) is 9.51.